The van der Waals surface area contributed by atoms with Crippen LogP contribution in [-0.2, 0) is 23.9 Å². The molecule has 0 saturated heterocycles. The second-order valence-electron chi connectivity index (χ2n) is 4.17. The first kappa shape index (κ1) is 13.4. The molecule has 0 unspecified atom stereocenters. The minimum Gasteiger partial charge on any atom is -0.468 e. The van der Waals surface area contributed by atoms with Crippen LogP contribution in [0.2, 0.25) is 0 Å². The van der Waals surface area contributed by atoms with E-state index >= 15 is 0 Å². The number of methoxy groups -OCH3 is 2. The maximum absolute atomic E-state index is 11.8. The van der Waals surface area contributed by atoms with Crippen LogP contribution in [0.25, 0.3) is 0 Å². The molecule has 0 aromatic heterocycles. The molecule has 0 spiro atoms. The summed E-state index contributed by atoms with van der Waals surface area (Å²) in [5.74, 6) is -1.21. The van der Waals surface area contributed by atoms with E-state index in [-0.39, 0.29) is 12.8 Å². The zero-order valence-electron chi connectivity index (χ0n) is 10.2. The van der Waals surface area contributed by atoms with Crippen LogP contribution < -0.4 is 0 Å². The van der Waals surface area contributed by atoms with Gasteiger partial charge in [0.1, 0.15) is 6.29 Å². The number of esters is 2. The highest BCUT2D eigenvalue weighted by atomic mass is 16.5. The largest absolute Gasteiger partial charge is 0.468 e. The number of allylic oxidation sites excluding steroid dienone is 2. The van der Waals surface area contributed by atoms with Crippen LogP contribution in [0, 0.1) is 5.41 Å². The fraction of sp³-hybridized carbons (Fsp3) is 0.583. The number of hydrogen-bond donors (Lipinski definition) is 0. The third-order valence-electron chi connectivity index (χ3n) is 3.23. The maximum Gasteiger partial charge on any atom is 0.323 e. The van der Waals surface area contributed by atoms with Crippen molar-refractivity contribution < 1.29 is 23.9 Å². The summed E-state index contributed by atoms with van der Waals surface area (Å²) in [4.78, 5) is 34.4. The van der Waals surface area contributed by atoms with Gasteiger partial charge in [-0.15, -0.1) is 0 Å². The van der Waals surface area contributed by atoms with E-state index < -0.39 is 17.4 Å². The van der Waals surface area contributed by atoms with Gasteiger partial charge in [-0.1, -0.05) is 5.57 Å². The maximum atomic E-state index is 11.8. The van der Waals surface area contributed by atoms with Gasteiger partial charge < -0.3 is 9.47 Å². The second kappa shape index (κ2) is 5.12. The Labute approximate surface area is 99.8 Å². The summed E-state index contributed by atoms with van der Waals surface area (Å²) in [6.07, 6.45) is 1.59. The van der Waals surface area contributed by atoms with Crippen LogP contribution in [0.3, 0.4) is 0 Å². The van der Waals surface area contributed by atoms with Crippen molar-refractivity contribution in [1.82, 2.24) is 0 Å². The molecule has 94 valence electrons. The van der Waals surface area contributed by atoms with Gasteiger partial charge in [0.15, 0.2) is 5.41 Å². The Kier molecular flexibility index (Phi) is 4.04. The molecule has 0 amide bonds. The molecule has 1 aliphatic carbocycles. The predicted molar refractivity (Wildman–Crippen MR) is 59.1 cm³/mol. The number of ether oxygens (including phenoxy) is 2. The molecule has 0 bridgehead atoms. The Morgan fingerprint density at radius 3 is 2.12 bits per heavy atom. The monoisotopic (exact) mass is 240 g/mol. The van der Waals surface area contributed by atoms with E-state index in [1.54, 1.807) is 6.92 Å². The molecule has 0 atom stereocenters. The first-order valence-corrected chi connectivity index (χ1v) is 5.32. The minimum absolute atomic E-state index is 0.181. The van der Waals surface area contributed by atoms with Crippen molar-refractivity contribution in [2.45, 2.75) is 26.2 Å². The van der Waals surface area contributed by atoms with Crippen molar-refractivity contribution in [3.63, 3.8) is 0 Å². The Bertz CT molecular complexity index is 364. The van der Waals surface area contributed by atoms with Gasteiger partial charge in [0.05, 0.1) is 14.2 Å². The van der Waals surface area contributed by atoms with Gasteiger partial charge in [0.25, 0.3) is 0 Å². The summed E-state index contributed by atoms with van der Waals surface area (Å²) >= 11 is 0. The SMILES string of the molecule is COC(=O)C1(C(=O)OC)CCC(C=O)=C(C)C1. The molecule has 1 rings (SSSR count). The van der Waals surface area contributed by atoms with Gasteiger partial charge in [0, 0.05) is 0 Å². The van der Waals surface area contributed by atoms with Crippen LogP contribution in [0.4, 0.5) is 0 Å². The van der Waals surface area contributed by atoms with Crippen molar-refractivity contribution in [2.24, 2.45) is 5.41 Å². The Morgan fingerprint density at radius 1 is 1.24 bits per heavy atom. The fourth-order valence-electron chi connectivity index (χ4n) is 2.20. The van der Waals surface area contributed by atoms with E-state index in [0.717, 1.165) is 11.9 Å². The Morgan fingerprint density at radius 2 is 1.76 bits per heavy atom. The third-order valence-corrected chi connectivity index (χ3v) is 3.23. The lowest BCUT2D eigenvalue weighted by Crippen LogP contribution is -2.43. The van der Waals surface area contributed by atoms with Crippen LogP contribution >= 0.6 is 0 Å². The smallest absolute Gasteiger partial charge is 0.323 e. The number of carbonyl (C=O) groups excluding carboxylic acids is 3. The molecule has 0 aromatic carbocycles. The highest BCUT2D eigenvalue weighted by molar-refractivity contribution is 6.01. The summed E-state index contributed by atoms with van der Waals surface area (Å²) in [6, 6.07) is 0. The van der Waals surface area contributed by atoms with E-state index in [4.69, 9.17) is 0 Å². The summed E-state index contributed by atoms with van der Waals surface area (Å²) in [7, 11) is 2.47. The number of aldehydes is 1. The van der Waals surface area contributed by atoms with Gasteiger partial charge in [-0.05, 0) is 31.8 Å². The quantitative estimate of drug-likeness (QED) is 0.418. The van der Waals surface area contributed by atoms with E-state index in [0.29, 0.717) is 12.0 Å². The third kappa shape index (κ3) is 2.23. The summed E-state index contributed by atoms with van der Waals surface area (Å²) < 4.78 is 9.37. The molecular formula is C12H16O5. The lowest BCUT2D eigenvalue weighted by atomic mass is 9.72. The Balaban J connectivity index is 3.13. The predicted octanol–water partition coefficient (Wildman–Crippen LogP) is 1.02. The zero-order chi connectivity index (χ0) is 13.1. The molecule has 5 heteroatoms. The molecule has 0 aliphatic heterocycles. The lowest BCUT2D eigenvalue weighted by molar-refractivity contribution is -0.170. The van der Waals surface area contributed by atoms with Crippen molar-refractivity contribution in [2.75, 3.05) is 14.2 Å². The van der Waals surface area contributed by atoms with Crippen LogP contribution in [0.15, 0.2) is 11.1 Å². The van der Waals surface area contributed by atoms with Crippen molar-refractivity contribution in [1.29, 1.82) is 0 Å². The highest BCUT2D eigenvalue weighted by Crippen LogP contribution is 2.40. The summed E-state index contributed by atoms with van der Waals surface area (Å²) in [5, 5.41) is 0. The summed E-state index contributed by atoms with van der Waals surface area (Å²) in [5.41, 5.74) is 0.0931. The first-order chi connectivity index (χ1) is 8.01. The van der Waals surface area contributed by atoms with Gasteiger partial charge in [-0.25, -0.2) is 0 Å². The molecule has 17 heavy (non-hydrogen) atoms. The molecule has 0 radical (unpaired) electrons. The molecular weight excluding hydrogens is 224 g/mol. The molecule has 0 aromatic rings. The number of carbonyl (C=O) groups is 3. The highest BCUT2D eigenvalue weighted by Gasteiger charge is 2.50. The number of rotatable bonds is 3. The fourth-order valence-corrected chi connectivity index (χ4v) is 2.20. The van der Waals surface area contributed by atoms with Gasteiger partial charge in [-0.3, -0.25) is 14.4 Å². The topological polar surface area (TPSA) is 69.7 Å². The molecule has 5 nitrogen and oxygen atoms in total. The van der Waals surface area contributed by atoms with Crippen LogP contribution in [-0.4, -0.2) is 32.4 Å². The Hall–Kier alpha value is -1.65. The molecule has 0 fully saturated rings. The van der Waals surface area contributed by atoms with E-state index in [9.17, 15) is 14.4 Å². The van der Waals surface area contributed by atoms with E-state index in [1.165, 1.54) is 14.2 Å². The van der Waals surface area contributed by atoms with Crippen molar-refractivity contribution in [3.05, 3.63) is 11.1 Å². The normalized spacial score (nSPS) is 18.5. The lowest BCUT2D eigenvalue weighted by Gasteiger charge is -2.32. The van der Waals surface area contributed by atoms with Crippen molar-refractivity contribution in [3.8, 4) is 0 Å². The van der Waals surface area contributed by atoms with E-state index in [2.05, 4.69) is 9.47 Å². The van der Waals surface area contributed by atoms with Crippen LogP contribution in [0.1, 0.15) is 26.2 Å². The van der Waals surface area contributed by atoms with Crippen molar-refractivity contribution >= 4 is 18.2 Å². The van der Waals surface area contributed by atoms with Gasteiger partial charge >= 0.3 is 11.9 Å². The van der Waals surface area contributed by atoms with Gasteiger partial charge in [0.2, 0.25) is 0 Å². The molecule has 1 aliphatic rings. The van der Waals surface area contributed by atoms with Gasteiger partial charge in [-0.2, -0.15) is 0 Å². The summed E-state index contributed by atoms with van der Waals surface area (Å²) in [6.45, 7) is 1.74. The molecule has 0 saturated carbocycles. The first-order valence-electron chi connectivity index (χ1n) is 5.32. The average molecular weight is 240 g/mol. The molecule has 0 heterocycles. The van der Waals surface area contributed by atoms with Crippen LogP contribution in [0.5, 0.6) is 0 Å². The average Bonchev–Trinajstić information content (AvgIpc) is 2.36. The minimum atomic E-state index is -1.29. The number of hydrogen-bond acceptors (Lipinski definition) is 5. The second-order valence-corrected chi connectivity index (χ2v) is 4.17. The zero-order valence-corrected chi connectivity index (χ0v) is 10.2. The van der Waals surface area contributed by atoms with E-state index in [1.807, 2.05) is 0 Å². The standard InChI is InChI=1S/C12H16O5/c1-8-6-12(10(14)16-2,11(15)17-3)5-4-9(8)7-13/h7H,4-6H2,1-3H3. The molecule has 0 N–H and O–H groups in total.